The number of nitrogens with one attached hydrogen (secondary N) is 1. The van der Waals surface area contributed by atoms with Crippen molar-refractivity contribution < 1.29 is 9.90 Å². The van der Waals surface area contributed by atoms with Gasteiger partial charge in [0, 0.05) is 6.04 Å². The molecule has 2 aromatic carbocycles. The molecule has 0 aromatic heterocycles. The third kappa shape index (κ3) is 2.87. The van der Waals surface area contributed by atoms with Crippen molar-refractivity contribution in [2.24, 2.45) is 5.92 Å². The number of benzene rings is 2. The van der Waals surface area contributed by atoms with Gasteiger partial charge >= 0.3 is 0 Å². The molecule has 0 saturated carbocycles. The van der Waals surface area contributed by atoms with Crippen molar-refractivity contribution in [2.75, 3.05) is 0 Å². The maximum absolute atomic E-state index is 12.2. The number of hydrogen-bond acceptors (Lipinski definition) is 2. The highest BCUT2D eigenvalue weighted by molar-refractivity contribution is 6.01. The number of phenols is 1. The van der Waals surface area contributed by atoms with E-state index in [0.717, 1.165) is 10.8 Å². The maximum Gasteiger partial charge on any atom is 0.255 e. The van der Waals surface area contributed by atoms with Crippen molar-refractivity contribution in [2.45, 2.75) is 26.8 Å². The summed E-state index contributed by atoms with van der Waals surface area (Å²) in [6.07, 6.45) is 0. The first-order valence-corrected chi connectivity index (χ1v) is 6.51. The molecule has 0 radical (unpaired) electrons. The average molecular weight is 257 g/mol. The molecule has 1 amide bonds. The van der Waals surface area contributed by atoms with E-state index < -0.39 is 0 Å². The number of carbonyl (C=O) groups is 1. The largest absolute Gasteiger partial charge is 0.507 e. The standard InChI is InChI=1S/C16H19NO2/c1-10(2)11(3)17-16(19)14-8-12-6-4-5-7-13(12)9-15(14)18/h4-11,18H,1-3H3,(H,17,19). The smallest absolute Gasteiger partial charge is 0.255 e. The molecule has 0 heterocycles. The van der Waals surface area contributed by atoms with Crippen LogP contribution in [0.2, 0.25) is 0 Å². The van der Waals surface area contributed by atoms with Crippen molar-refractivity contribution >= 4 is 16.7 Å². The summed E-state index contributed by atoms with van der Waals surface area (Å²) in [7, 11) is 0. The molecule has 0 aliphatic carbocycles. The molecule has 2 rings (SSSR count). The number of hydrogen-bond donors (Lipinski definition) is 2. The molecule has 0 fully saturated rings. The van der Waals surface area contributed by atoms with E-state index in [1.54, 1.807) is 12.1 Å². The van der Waals surface area contributed by atoms with Gasteiger partial charge in [-0.1, -0.05) is 38.1 Å². The van der Waals surface area contributed by atoms with Crippen LogP contribution in [0.3, 0.4) is 0 Å². The van der Waals surface area contributed by atoms with Gasteiger partial charge in [-0.2, -0.15) is 0 Å². The van der Waals surface area contributed by atoms with Crippen LogP contribution in [0.1, 0.15) is 31.1 Å². The summed E-state index contributed by atoms with van der Waals surface area (Å²) in [4.78, 5) is 12.2. The first kappa shape index (κ1) is 13.4. The second-order valence-corrected chi connectivity index (χ2v) is 5.22. The monoisotopic (exact) mass is 257 g/mol. The normalized spacial score (nSPS) is 12.6. The Kier molecular flexibility index (Phi) is 3.74. The number of fused-ring (bicyclic) bond motifs is 1. The Morgan fingerprint density at radius 1 is 1.11 bits per heavy atom. The van der Waals surface area contributed by atoms with Crippen molar-refractivity contribution in [1.29, 1.82) is 0 Å². The van der Waals surface area contributed by atoms with Gasteiger partial charge in [-0.3, -0.25) is 4.79 Å². The highest BCUT2D eigenvalue weighted by Gasteiger charge is 2.16. The molecule has 0 aliphatic rings. The topological polar surface area (TPSA) is 49.3 Å². The number of aromatic hydroxyl groups is 1. The Hall–Kier alpha value is -2.03. The average Bonchev–Trinajstić information content (AvgIpc) is 2.37. The summed E-state index contributed by atoms with van der Waals surface area (Å²) >= 11 is 0. The fourth-order valence-electron chi connectivity index (χ4n) is 1.86. The van der Waals surface area contributed by atoms with Crippen LogP contribution < -0.4 is 5.32 Å². The Morgan fingerprint density at radius 3 is 2.26 bits per heavy atom. The molecular formula is C16H19NO2. The van der Waals surface area contributed by atoms with E-state index in [1.807, 2.05) is 45.0 Å². The fraction of sp³-hybridized carbons (Fsp3) is 0.312. The molecule has 1 atom stereocenters. The van der Waals surface area contributed by atoms with Gasteiger partial charge in [0.25, 0.3) is 5.91 Å². The summed E-state index contributed by atoms with van der Waals surface area (Å²) < 4.78 is 0. The molecule has 3 heteroatoms. The molecule has 19 heavy (non-hydrogen) atoms. The van der Waals surface area contributed by atoms with Crippen molar-refractivity contribution in [3.8, 4) is 5.75 Å². The predicted octanol–water partition coefficient (Wildman–Crippen LogP) is 3.32. The lowest BCUT2D eigenvalue weighted by molar-refractivity contribution is 0.0928. The number of rotatable bonds is 3. The van der Waals surface area contributed by atoms with E-state index in [2.05, 4.69) is 5.32 Å². The number of carbonyl (C=O) groups excluding carboxylic acids is 1. The molecule has 3 nitrogen and oxygen atoms in total. The second-order valence-electron chi connectivity index (χ2n) is 5.22. The van der Waals surface area contributed by atoms with Crippen LogP contribution in [0.15, 0.2) is 36.4 Å². The van der Waals surface area contributed by atoms with Crippen LogP contribution in [0.5, 0.6) is 5.75 Å². The Morgan fingerprint density at radius 2 is 1.68 bits per heavy atom. The SMILES string of the molecule is CC(C)C(C)NC(=O)c1cc2ccccc2cc1O. The highest BCUT2D eigenvalue weighted by atomic mass is 16.3. The third-order valence-electron chi connectivity index (χ3n) is 3.47. The number of phenolic OH excluding ortho intramolecular Hbond substituents is 1. The van der Waals surface area contributed by atoms with Crippen LogP contribution in [-0.2, 0) is 0 Å². The van der Waals surface area contributed by atoms with Crippen LogP contribution in [-0.4, -0.2) is 17.1 Å². The molecule has 1 unspecified atom stereocenters. The summed E-state index contributed by atoms with van der Waals surface area (Å²) in [6.45, 7) is 6.05. The molecule has 2 aromatic rings. The van der Waals surface area contributed by atoms with Crippen LogP contribution in [0.4, 0.5) is 0 Å². The van der Waals surface area contributed by atoms with Crippen molar-refractivity contribution in [1.82, 2.24) is 5.32 Å². The zero-order chi connectivity index (χ0) is 14.0. The van der Waals surface area contributed by atoms with Gasteiger partial charge < -0.3 is 10.4 Å². The van der Waals surface area contributed by atoms with Crippen LogP contribution in [0.25, 0.3) is 10.8 Å². The Labute approximate surface area is 113 Å². The van der Waals surface area contributed by atoms with E-state index in [0.29, 0.717) is 11.5 Å². The van der Waals surface area contributed by atoms with Gasteiger partial charge in [0.15, 0.2) is 0 Å². The first-order valence-electron chi connectivity index (χ1n) is 6.51. The van der Waals surface area contributed by atoms with Gasteiger partial charge in [-0.25, -0.2) is 0 Å². The van der Waals surface area contributed by atoms with Crippen molar-refractivity contribution in [3.05, 3.63) is 42.0 Å². The van der Waals surface area contributed by atoms with E-state index in [4.69, 9.17) is 0 Å². The lowest BCUT2D eigenvalue weighted by Crippen LogP contribution is -2.36. The predicted molar refractivity (Wildman–Crippen MR) is 77.4 cm³/mol. The summed E-state index contributed by atoms with van der Waals surface area (Å²) in [5, 5.41) is 14.7. The molecule has 0 aliphatic heterocycles. The lowest BCUT2D eigenvalue weighted by atomic mass is 10.0. The minimum absolute atomic E-state index is 0.0205. The molecule has 0 saturated heterocycles. The van der Waals surface area contributed by atoms with E-state index in [-0.39, 0.29) is 17.7 Å². The third-order valence-corrected chi connectivity index (χ3v) is 3.47. The highest BCUT2D eigenvalue weighted by Crippen LogP contribution is 2.25. The minimum atomic E-state index is -0.232. The summed E-state index contributed by atoms with van der Waals surface area (Å²) in [5.74, 6) is 0.142. The molecule has 0 bridgehead atoms. The van der Waals surface area contributed by atoms with Crippen LogP contribution >= 0.6 is 0 Å². The summed E-state index contributed by atoms with van der Waals surface area (Å²) in [6, 6.07) is 11.1. The molecule has 100 valence electrons. The van der Waals surface area contributed by atoms with Gasteiger partial charge in [0.05, 0.1) is 5.56 Å². The number of amides is 1. The molecular weight excluding hydrogens is 238 g/mol. The van der Waals surface area contributed by atoms with E-state index in [1.165, 1.54) is 0 Å². The lowest BCUT2D eigenvalue weighted by Gasteiger charge is -2.18. The quantitative estimate of drug-likeness (QED) is 0.886. The summed E-state index contributed by atoms with van der Waals surface area (Å²) in [5.41, 5.74) is 0.325. The van der Waals surface area contributed by atoms with Crippen molar-refractivity contribution in [3.63, 3.8) is 0 Å². The fourth-order valence-corrected chi connectivity index (χ4v) is 1.86. The molecule has 2 N–H and O–H groups in total. The second kappa shape index (κ2) is 5.31. The van der Waals surface area contributed by atoms with Gasteiger partial charge in [-0.05, 0) is 35.7 Å². The van der Waals surface area contributed by atoms with Gasteiger partial charge in [-0.15, -0.1) is 0 Å². The zero-order valence-corrected chi connectivity index (χ0v) is 11.5. The zero-order valence-electron chi connectivity index (χ0n) is 11.5. The minimum Gasteiger partial charge on any atom is -0.507 e. The van der Waals surface area contributed by atoms with E-state index >= 15 is 0 Å². The maximum atomic E-state index is 12.2. The first-order chi connectivity index (χ1) is 8.99. The van der Waals surface area contributed by atoms with Gasteiger partial charge in [0.1, 0.15) is 5.75 Å². The molecule has 0 spiro atoms. The Balaban J connectivity index is 2.34. The van der Waals surface area contributed by atoms with E-state index in [9.17, 15) is 9.90 Å². The van der Waals surface area contributed by atoms with Crippen LogP contribution in [0, 0.1) is 5.92 Å². The Bertz CT molecular complexity index is 605. The van der Waals surface area contributed by atoms with Gasteiger partial charge in [0.2, 0.25) is 0 Å².